The van der Waals surface area contributed by atoms with Crippen molar-refractivity contribution in [3.05, 3.63) is 71.4 Å². The molecule has 1 aliphatic rings. The first-order valence-corrected chi connectivity index (χ1v) is 11.0. The van der Waals surface area contributed by atoms with Crippen LogP contribution in [0.5, 0.6) is 0 Å². The van der Waals surface area contributed by atoms with Gasteiger partial charge in [-0.05, 0) is 18.9 Å². The zero-order valence-electron chi connectivity index (χ0n) is 16.6. The molecule has 0 saturated carbocycles. The van der Waals surface area contributed by atoms with E-state index in [0.29, 0.717) is 16.8 Å². The molecule has 2 aromatic rings. The van der Waals surface area contributed by atoms with E-state index in [1.807, 2.05) is 12.1 Å². The van der Waals surface area contributed by atoms with Gasteiger partial charge >= 0.3 is 0 Å². The summed E-state index contributed by atoms with van der Waals surface area (Å²) in [5, 5.41) is 0. The van der Waals surface area contributed by atoms with Crippen LogP contribution in [0.4, 0.5) is 0 Å². The van der Waals surface area contributed by atoms with Crippen LogP contribution in [0.3, 0.4) is 0 Å². The molecule has 0 radical (unpaired) electrons. The molecule has 6 heteroatoms. The van der Waals surface area contributed by atoms with Gasteiger partial charge in [-0.15, -0.1) is 0 Å². The first-order valence-electron chi connectivity index (χ1n) is 9.60. The molecule has 0 saturated heterocycles. The minimum atomic E-state index is -3.79. The average Bonchev–Trinajstić information content (AvgIpc) is 2.71. The van der Waals surface area contributed by atoms with E-state index in [0.717, 1.165) is 30.2 Å². The maximum Gasteiger partial charge on any atom is 0.264 e. The minimum absolute atomic E-state index is 0.215. The largest absolute Gasteiger partial charge is 0.369 e. The maximum atomic E-state index is 13.4. The number of likely N-dealkylation sites (N-methyl/N-ethyl adjacent to an activating group) is 1. The number of sulfonamides is 1. The molecule has 0 fully saturated rings. The predicted octanol–water partition coefficient (Wildman–Crippen LogP) is 3.99. The van der Waals surface area contributed by atoms with Crippen LogP contribution >= 0.6 is 0 Å². The third-order valence-corrected chi connectivity index (χ3v) is 6.69. The number of ketones is 1. The summed E-state index contributed by atoms with van der Waals surface area (Å²) in [4.78, 5) is 15.8. The van der Waals surface area contributed by atoms with Gasteiger partial charge in [-0.25, -0.2) is 8.42 Å². The van der Waals surface area contributed by atoms with Gasteiger partial charge in [0.2, 0.25) is 5.78 Å². The third kappa shape index (κ3) is 3.44. The molecule has 148 valence electrons. The molecule has 0 atom stereocenters. The van der Waals surface area contributed by atoms with E-state index in [4.69, 9.17) is 0 Å². The van der Waals surface area contributed by atoms with Gasteiger partial charge in [0.05, 0.1) is 10.6 Å². The Balaban J connectivity index is 2.33. The zero-order valence-corrected chi connectivity index (χ0v) is 17.4. The van der Waals surface area contributed by atoms with E-state index >= 15 is 0 Å². The first-order chi connectivity index (χ1) is 13.4. The van der Waals surface area contributed by atoms with Crippen LogP contribution in [0.15, 0.2) is 65.2 Å². The highest BCUT2D eigenvalue weighted by Gasteiger charge is 2.39. The van der Waals surface area contributed by atoms with Gasteiger partial charge in [0.15, 0.2) is 0 Å². The lowest BCUT2D eigenvalue weighted by molar-refractivity contribution is 0.101. The number of nitrogens with zero attached hydrogens (tertiary/aromatic N) is 2. The number of fused-ring (bicyclic) bond motifs is 1. The lowest BCUT2D eigenvalue weighted by Crippen LogP contribution is -2.39. The Morgan fingerprint density at radius 3 is 2.11 bits per heavy atom. The topological polar surface area (TPSA) is 57.7 Å². The van der Waals surface area contributed by atoms with Gasteiger partial charge in [0.25, 0.3) is 10.0 Å². The summed E-state index contributed by atoms with van der Waals surface area (Å²) in [6, 6.07) is 15.8. The van der Waals surface area contributed by atoms with E-state index in [1.165, 1.54) is 7.05 Å². The van der Waals surface area contributed by atoms with Crippen molar-refractivity contribution < 1.29 is 13.2 Å². The Morgan fingerprint density at radius 2 is 1.50 bits per heavy atom. The molecular weight excluding hydrogens is 372 g/mol. The second-order valence-electron chi connectivity index (χ2n) is 6.85. The van der Waals surface area contributed by atoms with E-state index < -0.39 is 10.0 Å². The molecule has 0 amide bonds. The highest BCUT2D eigenvalue weighted by molar-refractivity contribution is 7.89. The van der Waals surface area contributed by atoms with E-state index in [9.17, 15) is 13.2 Å². The van der Waals surface area contributed by atoms with Crippen molar-refractivity contribution >= 4 is 21.5 Å². The van der Waals surface area contributed by atoms with E-state index in [-0.39, 0.29) is 16.4 Å². The number of benzene rings is 2. The van der Waals surface area contributed by atoms with Crippen LogP contribution in [0.2, 0.25) is 0 Å². The molecule has 0 aliphatic carbocycles. The summed E-state index contributed by atoms with van der Waals surface area (Å²) in [5.74, 6) is -0.284. The summed E-state index contributed by atoms with van der Waals surface area (Å²) in [7, 11) is -2.32. The van der Waals surface area contributed by atoms with Gasteiger partial charge in [-0.1, -0.05) is 62.4 Å². The molecule has 5 nitrogen and oxygen atoms in total. The fraction of sp³-hybridized carbons (Fsp3) is 0.318. The number of carbonyl (C=O) groups is 1. The molecule has 0 aromatic heterocycles. The minimum Gasteiger partial charge on any atom is -0.369 e. The molecule has 3 rings (SSSR count). The Labute approximate surface area is 167 Å². The van der Waals surface area contributed by atoms with Gasteiger partial charge in [-0.3, -0.25) is 9.10 Å². The number of rotatable bonds is 7. The van der Waals surface area contributed by atoms with Crippen molar-refractivity contribution in [1.29, 1.82) is 0 Å². The van der Waals surface area contributed by atoms with Gasteiger partial charge in [-0.2, -0.15) is 0 Å². The van der Waals surface area contributed by atoms with Crippen molar-refractivity contribution in [2.24, 2.45) is 0 Å². The molecule has 1 heterocycles. The fourth-order valence-corrected chi connectivity index (χ4v) is 5.00. The first kappa shape index (κ1) is 20.1. The summed E-state index contributed by atoms with van der Waals surface area (Å²) in [6.45, 7) is 5.65. The fourth-order valence-electron chi connectivity index (χ4n) is 3.60. The molecule has 0 unspecified atom stereocenters. The standard InChI is InChI=1S/C22H26N2O3S/c1-4-15-24(16-5-2)20-18-13-9-10-14-19(18)28(26,27)23(3)21(20)22(25)17-11-7-6-8-12-17/h6-14H,4-5,15-16H2,1-3H3. The normalized spacial score (nSPS) is 15.3. The molecular formula is C22H26N2O3S. The number of Topliss-reactive ketones (excluding diaryl/α,β-unsaturated/α-hetero) is 1. The van der Waals surface area contributed by atoms with E-state index in [1.54, 1.807) is 42.5 Å². The Morgan fingerprint density at radius 1 is 0.929 bits per heavy atom. The Hall–Kier alpha value is -2.60. The van der Waals surface area contributed by atoms with Crippen LogP contribution in [-0.4, -0.2) is 43.5 Å². The second kappa shape index (κ2) is 8.19. The van der Waals surface area contributed by atoms with Crippen molar-refractivity contribution in [3.8, 4) is 0 Å². The summed E-state index contributed by atoms with van der Waals surface area (Å²) >= 11 is 0. The quantitative estimate of drug-likeness (QED) is 0.662. The van der Waals surface area contributed by atoms with Crippen molar-refractivity contribution in [3.63, 3.8) is 0 Å². The van der Waals surface area contributed by atoms with Gasteiger partial charge < -0.3 is 4.90 Å². The highest BCUT2D eigenvalue weighted by Crippen LogP contribution is 2.39. The molecule has 1 aliphatic heterocycles. The Bertz CT molecular complexity index is 991. The number of allylic oxidation sites excluding steroid dienone is 1. The highest BCUT2D eigenvalue weighted by atomic mass is 32.2. The van der Waals surface area contributed by atoms with Gasteiger partial charge in [0.1, 0.15) is 5.70 Å². The van der Waals surface area contributed by atoms with Crippen LogP contribution in [0.25, 0.3) is 5.70 Å². The van der Waals surface area contributed by atoms with Crippen molar-refractivity contribution in [2.45, 2.75) is 31.6 Å². The Kier molecular flexibility index (Phi) is 5.89. The monoisotopic (exact) mass is 398 g/mol. The predicted molar refractivity (Wildman–Crippen MR) is 111 cm³/mol. The summed E-state index contributed by atoms with van der Waals surface area (Å²) in [5.41, 5.74) is 1.99. The van der Waals surface area contributed by atoms with Crippen LogP contribution < -0.4 is 0 Å². The van der Waals surface area contributed by atoms with Gasteiger partial charge in [0, 0.05) is 31.3 Å². The van der Waals surface area contributed by atoms with Crippen molar-refractivity contribution in [1.82, 2.24) is 9.21 Å². The molecule has 0 N–H and O–H groups in total. The van der Waals surface area contributed by atoms with Crippen LogP contribution in [-0.2, 0) is 10.0 Å². The average molecular weight is 399 g/mol. The van der Waals surface area contributed by atoms with Crippen molar-refractivity contribution in [2.75, 3.05) is 20.1 Å². The summed E-state index contributed by atoms with van der Waals surface area (Å²) in [6.07, 6.45) is 1.80. The third-order valence-electron chi connectivity index (χ3n) is 4.87. The van der Waals surface area contributed by atoms with Crippen LogP contribution in [0, 0.1) is 0 Å². The lowest BCUT2D eigenvalue weighted by atomic mass is 10.0. The van der Waals surface area contributed by atoms with E-state index in [2.05, 4.69) is 18.7 Å². The molecule has 2 aromatic carbocycles. The molecule has 0 bridgehead atoms. The number of carbonyl (C=O) groups excluding carboxylic acids is 1. The maximum absolute atomic E-state index is 13.4. The second-order valence-corrected chi connectivity index (χ2v) is 8.79. The number of hydrogen-bond donors (Lipinski definition) is 0. The number of hydrogen-bond acceptors (Lipinski definition) is 4. The SMILES string of the molecule is CCCN(CCC)C1=C(C(=O)c2ccccc2)N(C)S(=O)(=O)c2ccccc21. The zero-order chi connectivity index (χ0) is 20.3. The smallest absolute Gasteiger partial charge is 0.264 e. The molecule has 28 heavy (non-hydrogen) atoms. The molecule has 0 spiro atoms. The lowest BCUT2D eigenvalue weighted by Gasteiger charge is -2.37. The van der Waals surface area contributed by atoms with Crippen LogP contribution in [0.1, 0.15) is 42.6 Å². The summed E-state index contributed by atoms with van der Waals surface area (Å²) < 4.78 is 27.5.